The summed E-state index contributed by atoms with van der Waals surface area (Å²) in [6, 6.07) is 6.83. The van der Waals surface area contributed by atoms with Crippen molar-refractivity contribution in [3.63, 3.8) is 0 Å². The Morgan fingerprint density at radius 3 is 3.00 bits per heavy atom. The smallest absolute Gasteiger partial charge is 0.0295 e. The minimum Gasteiger partial charge on any atom is -0.324 e. The standard InChI is InChI=1S/C12H17N/c1-2-12(13)11-8-4-6-9-5-3-7-10(9)11/h4,6,8,12H,2-3,5,7,13H2,1H3/t12-/m1/s1. The highest BCUT2D eigenvalue weighted by Crippen LogP contribution is 2.29. The van der Waals surface area contributed by atoms with Gasteiger partial charge in [-0.25, -0.2) is 0 Å². The lowest BCUT2D eigenvalue weighted by Gasteiger charge is -2.13. The van der Waals surface area contributed by atoms with E-state index in [0.29, 0.717) is 0 Å². The van der Waals surface area contributed by atoms with E-state index in [0.717, 1.165) is 6.42 Å². The second-order valence-corrected chi connectivity index (χ2v) is 3.85. The molecule has 0 spiro atoms. The van der Waals surface area contributed by atoms with Gasteiger partial charge >= 0.3 is 0 Å². The molecule has 1 aliphatic rings. The van der Waals surface area contributed by atoms with E-state index < -0.39 is 0 Å². The third-order valence-corrected chi connectivity index (χ3v) is 3.02. The van der Waals surface area contributed by atoms with Crippen molar-refractivity contribution in [2.75, 3.05) is 0 Å². The molecule has 0 unspecified atom stereocenters. The zero-order valence-corrected chi connectivity index (χ0v) is 8.22. The van der Waals surface area contributed by atoms with Gasteiger partial charge in [0.15, 0.2) is 0 Å². The van der Waals surface area contributed by atoms with Crippen molar-refractivity contribution in [1.29, 1.82) is 0 Å². The molecule has 1 aliphatic carbocycles. The van der Waals surface area contributed by atoms with Gasteiger partial charge in [-0.1, -0.05) is 25.1 Å². The quantitative estimate of drug-likeness (QED) is 0.734. The molecule has 1 atom stereocenters. The lowest BCUT2D eigenvalue weighted by Crippen LogP contribution is -2.11. The molecule has 1 aromatic carbocycles. The molecule has 0 fully saturated rings. The van der Waals surface area contributed by atoms with Crippen molar-refractivity contribution in [2.24, 2.45) is 5.73 Å². The molecule has 0 bridgehead atoms. The van der Waals surface area contributed by atoms with Crippen LogP contribution < -0.4 is 5.73 Å². The van der Waals surface area contributed by atoms with Crippen molar-refractivity contribution >= 4 is 0 Å². The van der Waals surface area contributed by atoms with E-state index in [1.165, 1.54) is 36.0 Å². The van der Waals surface area contributed by atoms with E-state index in [-0.39, 0.29) is 6.04 Å². The maximum absolute atomic E-state index is 6.07. The highest BCUT2D eigenvalue weighted by Gasteiger charge is 2.16. The molecule has 0 amide bonds. The van der Waals surface area contributed by atoms with E-state index in [1.54, 1.807) is 0 Å². The molecule has 1 aromatic rings. The normalized spacial score (nSPS) is 17.1. The Morgan fingerprint density at radius 1 is 1.38 bits per heavy atom. The van der Waals surface area contributed by atoms with Crippen LogP contribution in [0, 0.1) is 0 Å². The Hall–Kier alpha value is -0.820. The molecular weight excluding hydrogens is 158 g/mol. The number of aryl methyl sites for hydroxylation is 1. The molecule has 0 saturated carbocycles. The monoisotopic (exact) mass is 175 g/mol. The number of hydrogen-bond acceptors (Lipinski definition) is 1. The summed E-state index contributed by atoms with van der Waals surface area (Å²) >= 11 is 0. The first-order valence-electron chi connectivity index (χ1n) is 5.19. The molecule has 0 heterocycles. The van der Waals surface area contributed by atoms with E-state index in [4.69, 9.17) is 5.73 Å². The molecule has 0 saturated heterocycles. The fraction of sp³-hybridized carbons (Fsp3) is 0.500. The summed E-state index contributed by atoms with van der Waals surface area (Å²) in [7, 11) is 0. The first-order valence-corrected chi connectivity index (χ1v) is 5.19. The third kappa shape index (κ3) is 1.49. The SMILES string of the molecule is CC[C@@H](N)c1cccc2c1CCC2. The zero-order chi connectivity index (χ0) is 9.26. The molecule has 13 heavy (non-hydrogen) atoms. The van der Waals surface area contributed by atoms with Gasteiger partial charge < -0.3 is 5.73 Å². The van der Waals surface area contributed by atoms with E-state index in [1.807, 2.05) is 0 Å². The molecule has 70 valence electrons. The van der Waals surface area contributed by atoms with E-state index in [2.05, 4.69) is 25.1 Å². The number of hydrogen-bond donors (Lipinski definition) is 1. The summed E-state index contributed by atoms with van der Waals surface area (Å²) in [5.41, 5.74) is 10.5. The topological polar surface area (TPSA) is 26.0 Å². The van der Waals surface area contributed by atoms with Crippen molar-refractivity contribution in [2.45, 2.75) is 38.6 Å². The van der Waals surface area contributed by atoms with Gasteiger partial charge in [0, 0.05) is 6.04 Å². The fourth-order valence-corrected chi connectivity index (χ4v) is 2.22. The van der Waals surface area contributed by atoms with Gasteiger partial charge in [-0.15, -0.1) is 0 Å². The number of rotatable bonds is 2. The Morgan fingerprint density at radius 2 is 2.23 bits per heavy atom. The Kier molecular flexibility index (Phi) is 2.36. The van der Waals surface area contributed by atoms with Crippen molar-refractivity contribution in [1.82, 2.24) is 0 Å². The summed E-state index contributed by atoms with van der Waals surface area (Å²) in [4.78, 5) is 0. The predicted molar refractivity (Wildman–Crippen MR) is 55.7 cm³/mol. The zero-order valence-electron chi connectivity index (χ0n) is 8.22. The largest absolute Gasteiger partial charge is 0.324 e. The Balaban J connectivity index is 2.41. The van der Waals surface area contributed by atoms with Crippen molar-refractivity contribution in [3.05, 3.63) is 34.9 Å². The molecular formula is C12H17N. The summed E-state index contributed by atoms with van der Waals surface area (Å²) < 4.78 is 0. The lowest BCUT2D eigenvalue weighted by atomic mass is 9.96. The molecule has 0 radical (unpaired) electrons. The molecule has 1 nitrogen and oxygen atoms in total. The van der Waals surface area contributed by atoms with Crippen LogP contribution >= 0.6 is 0 Å². The number of nitrogens with two attached hydrogens (primary N) is 1. The van der Waals surface area contributed by atoms with Crippen LogP contribution in [0.15, 0.2) is 18.2 Å². The second-order valence-electron chi connectivity index (χ2n) is 3.85. The van der Waals surface area contributed by atoms with Crippen molar-refractivity contribution < 1.29 is 0 Å². The van der Waals surface area contributed by atoms with Crippen LogP contribution in [-0.2, 0) is 12.8 Å². The number of fused-ring (bicyclic) bond motifs is 1. The molecule has 0 aromatic heterocycles. The highest BCUT2D eigenvalue weighted by atomic mass is 14.6. The summed E-state index contributed by atoms with van der Waals surface area (Å²) in [6.07, 6.45) is 4.83. The van der Waals surface area contributed by atoms with Gasteiger partial charge in [-0.2, -0.15) is 0 Å². The average molecular weight is 175 g/mol. The third-order valence-electron chi connectivity index (χ3n) is 3.02. The van der Waals surface area contributed by atoms with Gasteiger partial charge in [0.05, 0.1) is 0 Å². The van der Waals surface area contributed by atoms with Crippen molar-refractivity contribution in [3.8, 4) is 0 Å². The highest BCUT2D eigenvalue weighted by molar-refractivity contribution is 5.40. The molecule has 1 heteroatoms. The second kappa shape index (κ2) is 3.51. The minimum atomic E-state index is 0.244. The first kappa shape index (κ1) is 8.76. The first-order chi connectivity index (χ1) is 6.33. The Bertz CT molecular complexity index is 304. The van der Waals surface area contributed by atoms with Crippen LogP contribution in [0.4, 0.5) is 0 Å². The predicted octanol–water partition coefficient (Wildman–Crippen LogP) is 2.59. The van der Waals surface area contributed by atoms with Crippen LogP contribution in [0.25, 0.3) is 0 Å². The van der Waals surface area contributed by atoms with Crippen LogP contribution in [-0.4, -0.2) is 0 Å². The lowest BCUT2D eigenvalue weighted by molar-refractivity contribution is 0.690. The maximum Gasteiger partial charge on any atom is 0.0295 e. The molecule has 2 N–H and O–H groups in total. The van der Waals surface area contributed by atoms with Gasteiger partial charge in [0.2, 0.25) is 0 Å². The van der Waals surface area contributed by atoms with Gasteiger partial charge in [0.25, 0.3) is 0 Å². The van der Waals surface area contributed by atoms with Crippen LogP contribution in [0.1, 0.15) is 42.5 Å². The van der Waals surface area contributed by atoms with Crippen LogP contribution in [0.3, 0.4) is 0 Å². The minimum absolute atomic E-state index is 0.244. The fourth-order valence-electron chi connectivity index (χ4n) is 2.22. The number of benzene rings is 1. The van der Waals surface area contributed by atoms with E-state index in [9.17, 15) is 0 Å². The molecule has 2 rings (SSSR count). The van der Waals surface area contributed by atoms with Crippen LogP contribution in [0.2, 0.25) is 0 Å². The summed E-state index contributed by atoms with van der Waals surface area (Å²) in [5.74, 6) is 0. The van der Waals surface area contributed by atoms with Crippen LogP contribution in [0.5, 0.6) is 0 Å². The summed E-state index contributed by atoms with van der Waals surface area (Å²) in [6.45, 7) is 2.15. The van der Waals surface area contributed by atoms with E-state index >= 15 is 0 Å². The van der Waals surface area contributed by atoms with Gasteiger partial charge in [-0.05, 0) is 42.4 Å². The average Bonchev–Trinajstić information content (AvgIpc) is 2.63. The van der Waals surface area contributed by atoms with Gasteiger partial charge in [0.1, 0.15) is 0 Å². The molecule has 0 aliphatic heterocycles. The maximum atomic E-state index is 6.07. The van der Waals surface area contributed by atoms with Gasteiger partial charge in [-0.3, -0.25) is 0 Å². The summed E-state index contributed by atoms with van der Waals surface area (Å²) in [5, 5.41) is 0. The Labute approximate surface area is 80.0 Å².